The van der Waals surface area contributed by atoms with Gasteiger partial charge < -0.3 is 14.0 Å². The van der Waals surface area contributed by atoms with Crippen molar-refractivity contribution in [2.75, 3.05) is 13.2 Å². The number of aryl methyl sites for hydroxylation is 1. The molecule has 1 amide bonds. The molecule has 0 spiro atoms. The number of thiazole rings is 1. The van der Waals surface area contributed by atoms with Crippen molar-refractivity contribution in [3.63, 3.8) is 0 Å². The second kappa shape index (κ2) is 7.92. The highest BCUT2D eigenvalue weighted by Gasteiger charge is 2.18. The molecule has 1 aliphatic heterocycles. The van der Waals surface area contributed by atoms with E-state index in [-0.39, 0.29) is 12.0 Å². The van der Waals surface area contributed by atoms with Crippen LogP contribution in [0.25, 0.3) is 10.2 Å². The molecule has 7 heteroatoms. The summed E-state index contributed by atoms with van der Waals surface area (Å²) in [5, 5.41) is 4.23. The summed E-state index contributed by atoms with van der Waals surface area (Å²) in [6, 6.07) is 8.05. The van der Waals surface area contributed by atoms with Gasteiger partial charge in [0.25, 0.3) is 5.91 Å². The zero-order chi connectivity index (χ0) is 16.9. The van der Waals surface area contributed by atoms with E-state index in [1.165, 1.54) is 11.3 Å². The number of benzene rings is 1. The van der Waals surface area contributed by atoms with Crippen molar-refractivity contribution < 1.29 is 14.3 Å². The molecule has 2 aromatic rings. The molecule has 1 aliphatic rings. The molecule has 24 heavy (non-hydrogen) atoms. The van der Waals surface area contributed by atoms with E-state index >= 15 is 0 Å². The first-order chi connectivity index (χ1) is 11.6. The van der Waals surface area contributed by atoms with Crippen molar-refractivity contribution in [1.29, 1.82) is 0 Å². The summed E-state index contributed by atoms with van der Waals surface area (Å²) < 4.78 is 14.3. The number of carbonyl (C=O) groups is 1. The molecule has 3 rings (SSSR count). The van der Waals surface area contributed by atoms with E-state index in [0.29, 0.717) is 6.61 Å². The third-order valence-electron chi connectivity index (χ3n) is 4.15. The Kier molecular flexibility index (Phi) is 5.65. The Hall–Kier alpha value is -1.70. The number of hydrogen-bond donors (Lipinski definition) is 1. The summed E-state index contributed by atoms with van der Waals surface area (Å²) >= 11 is 1.53. The van der Waals surface area contributed by atoms with Crippen LogP contribution in [-0.2, 0) is 21.3 Å². The smallest absolute Gasteiger partial charge is 0.268 e. The van der Waals surface area contributed by atoms with Crippen molar-refractivity contribution in [2.24, 2.45) is 12.1 Å². The Morgan fingerprint density at radius 1 is 1.50 bits per heavy atom. The minimum atomic E-state index is -0.557. The van der Waals surface area contributed by atoms with Gasteiger partial charge in [-0.3, -0.25) is 4.79 Å². The lowest BCUT2D eigenvalue weighted by Gasteiger charge is -2.23. The highest BCUT2D eigenvalue weighted by Crippen LogP contribution is 2.15. The van der Waals surface area contributed by atoms with Gasteiger partial charge in [-0.2, -0.15) is 0 Å². The third kappa shape index (κ3) is 4.03. The molecule has 1 N–H and O–H groups in total. The number of nitrogens with one attached hydrogen (secondary N) is 1. The van der Waals surface area contributed by atoms with Crippen molar-refractivity contribution in [3.8, 4) is 0 Å². The lowest BCUT2D eigenvalue weighted by atomic mass is 10.1. The van der Waals surface area contributed by atoms with Crippen molar-refractivity contribution in [1.82, 2.24) is 9.99 Å². The molecule has 2 atom stereocenters. The first-order valence-electron chi connectivity index (χ1n) is 8.26. The Morgan fingerprint density at radius 2 is 2.33 bits per heavy atom. The largest absolute Gasteiger partial charge is 0.376 e. The highest BCUT2D eigenvalue weighted by molar-refractivity contribution is 7.16. The molecular weight excluding hydrogens is 326 g/mol. The predicted molar refractivity (Wildman–Crippen MR) is 93.5 cm³/mol. The number of aromatic nitrogens is 1. The van der Waals surface area contributed by atoms with Gasteiger partial charge in [0.1, 0.15) is 6.10 Å². The fraction of sp³-hybridized carbons (Fsp3) is 0.529. The zero-order valence-corrected chi connectivity index (χ0v) is 14.8. The van der Waals surface area contributed by atoms with Crippen LogP contribution >= 0.6 is 11.3 Å². The first kappa shape index (κ1) is 17.1. The van der Waals surface area contributed by atoms with E-state index < -0.39 is 6.10 Å². The number of nitrogens with zero attached hydrogens (tertiary/aromatic N) is 2. The summed E-state index contributed by atoms with van der Waals surface area (Å²) in [7, 11) is 1.93. The van der Waals surface area contributed by atoms with Crippen LogP contribution in [0.1, 0.15) is 26.2 Å². The average Bonchev–Trinajstić information content (AvgIpc) is 2.95. The fourth-order valence-corrected chi connectivity index (χ4v) is 3.63. The Bertz CT molecular complexity index is 762. The number of amides is 1. The summed E-state index contributed by atoms with van der Waals surface area (Å²) in [4.78, 5) is 12.9. The summed E-state index contributed by atoms with van der Waals surface area (Å²) in [5.41, 5.74) is 3.69. The summed E-state index contributed by atoms with van der Waals surface area (Å²) in [5.74, 6) is -0.247. The van der Waals surface area contributed by atoms with Gasteiger partial charge in [-0.05, 0) is 38.3 Å². The van der Waals surface area contributed by atoms with E-state index in [2.05, 4.69) is 10.5 Å². The van der Waals surface area contributed by atoms with Gasteiger partial charge in [-0.1, -0.05) is 23.5 Å². The van der Waals surface area contributed by atoms with Gasteiger partial charge in [0.15, 0.2) is 0 Å². The lowest BCUT2D eigenvalue weighted by Crippen LogP contribution is -2.35. The molecule has 2 heterocycles. The van der Waals surface area contributed by atoms with Crippen LogP contribution in [0.2, 0.25) is 0 Å². The number of ether oxygens (including phenoxy) is 2. The minimum absolute atomic E-state index is 0.103. The standard InChI is InChI=1S/C17H23N3O3S/c1-12(23-11-13-7-5-6-10-22-13)16(21)18-19-17-20(2)14-8-3-4-9-15(14)24-17/h3-4,8-9,12-13H,5-7,10-11H2,1-2H3,(H,18,21)/t12-,13-/m0/s1. The Labute approximate surface area is 145 Å². The van der Waals surface area contributed by atoms with Gasteiger partial charge in [0.05, 0.1) is 22.9 Å². The molecule has 0 saturated carbocycles. The monoisotopic (exact) mass is 349 g/mol. The molecule has 0 radical (unpaired) electrons. The van der Waals surface area contributed by atoms with Crippen LogP contribution in [0.3, 0.4) is 0 Å². The second-order valence-electron chi connectivity index (χ2n) is 5.96. The lowest BCUT2D eigenvalue weighted by molar-refractivity contribution is -0.135. The molecule has 130 valence electrons. The first-order valence-corrected chi connectivity index (χ1v) is 9.08. The molecule has 1 aromatic heterocycles. The van der Waals surface area contributed by atoms with Gasteiger partial charge in [-0.25, -0.2) is 5.43 Å². The zero-order valence-electron chi connectivity index (χ0n) is 14.0. The second-order valence-corrected chi connectivity index (χ2v) is 6.97. The molecule has 6 nitrogen and oxygen atoms in total. The van der Waals surface area contributed by atoms with Crippen LogP contribution in [0.5, 0.6) is 0 Å². The van der Waals surface area contributed by atoms with E-state index in [0.717, 1.165) is 40.9 Å². The fourth-order valence-electron chi connectivity index (χ4n) is 2.65. The Morgan fingerprint density at radius 3 is 3.08 bits per heavy atom. The predicted octanol–water partition coefficient (Wildman–Crippen LogP) is 2.15. The quantitative estimate of drug-likeness (QED) is 0.841. The SMILES string of the molecule is C[C@H](OC[C@@H]1CCCCO1)C(=O)NN=c1sc2ccccc2n1C. The van der Waals surface area contributed by atoms with E-state index in [9.17, 15) is 4.79 Å². The molecule has 1 saturated heterocycles. The van der Waals surface area contributed by atoms with E-state index in [1.807, 2.05) is 35.9 Å². The normalized spacial score (nSPS) is 20.2. The summed E-state index contributed by atoms with van der Waals surface area (Å²) in [6.07, 6.45) is 2.81. The maximum absolute atomic E-state index is 12.1. The van der Waals surface area contributed by atoms with E-state index in [4.69, 9.17) is 9.47 Å². The molecule has 1 aromatic carbocycles. The van der Waals surface area contributed by atoms with Crippen LogP contribution < -0.4 is 10.2 Å². The van der Waals surface area contributed by atoms with Crippen molar-refractivity contribution in [3.05, 3.63) is 29.1 Å². The van der Waals surface area contributed by atoms with Gasteiger partial charge in [-0.15, -0.1) is 5.10 Å². The maximum Gasteiger partial charge on any atom is 0.268 e. The topological polar surface area (TPSA) is 64.8 Å². The number of rotatable bonds is 5. The number of para-hydroxylation sites is 1. The molecule has 0 aliphatic carbocycles. The van der Waals surface area contributed by atoms with Crippen LogP contribution in [0.15, 0.2) is 29.4 Å². The molecule has 0 bridgehead atoms. The van der Waals surface area contributed by atoms with E-state index in [1.54, 1.807) is 6.92 Å². The maximum atomic E-state index is 12.1. The Balaban J connectivity index is 1.58. The minimum Gasteiger partial charge on any atom is -0.376 e. The number of hydrogen-bond acceptors (Lipinski definition) is 5. The summed E-state index contributed by atoms with van der Waals surface area (Å²) in [6.45, 7) is 2.97. The van der Waals surface area contributed by atoms with Crippen LogP contribution in [-0.4, -0.2) is 35.9 Å². The van der Waals surface area contributed by atoms with Crippen molar-refractivity contribution in [2.45, 2.75) is 38.4 Å². The highest BCUT2D eigenvalue weighted by atomic mass is 32.1. The number of carbonyl (C=O) groups excluding carboxylic acids is 1. The van der Waals surface area contributed by atoms with Gasteiger partial charge in [0, 0.05) is 13.7 Å². The average molecular weight is 349 g/mol. The molecular formula is C17H23N3O3S. The number of fused-ring (bicyclic) bond motifs is 1. The molecule has 0 unspecified atom stereocenters. The van der Waals surface area contributed by atoms with Crippen LogP contribution in [0, 0.1) is 0 Å². The third-order valence-corrected chi connectivity index (χ3v) is 5.26. The van der Waals surface area contributed by atoms with Crippen molar-refractivity contribution >= 4 is 27.5 Å². The molecule has 1 fully saturated rings. The van der Waals surface area contributed by atoms with Gasteiger partial charge >= 0.3 is 0 Å². The van der Waals surface area contributed by atoms with Gasteiger partial charge in [0.2, 0.25) is 4.80 Å². The van der Waals surface area contributed by atoms with Crippen LogP contribution in [0.4, 0.5) is 0 Å².